The van der Waals surface area contributed by atoms with Crippen molar-refractivity contribution < 1.29 is 9.47 Å². The van der Waals surface area contributed by atoms with Crippen LogP contribution < -0.4 is 15.4 Å². The van der Waals surface area contributed by atoms with Crippen molar-refractivity contribution >= 4 is 29.9 Å². The molecule has 2 unspecified atom stereocenters. The van der Waals surface area contributed by atoms with E-state index >= 15 is 0 Å². The zero-order valence-electron chi connectivity index (χ0n) is 16.2. The third-order valence-corrected chi connectivity index (χ3v) is 4.88. The smallest absolute Gasteiger partial charge is 0.191 e. The van der Waals surface area contributed by atoms with Gasteiger partial charge in [-0.2, -0.15) is 0 Å². The van der Waals surface area contributed by atoms with Gasteiger partial charge in [-0.25, -0.2) is 0 Å². The van der Waals surface area contributed by atoms with Gasteiger partial charge in [0, 0.05) is 25.7 Å². The van der Waals surface area contributed by atoms with Crippen molar-refractivity contribution in [3.8, 4) is 5.75 Å². The molecule has 2 atom stereocenters. The van der Waals surface area contributed by atoms with Gasteiger partial charge < -0.3 is 20.1 Å². The Kier molecular flexibility index (Phi) is 10.2. The van der Waals surface area contributed by atoms with E-state index in [0.29, 0.717) is 19.2 Å². The first-order valence-corrected chi connectivity index (χ1v) is 9.91. The molecule has 0 amide bonds. The summed E-state index contributed by atoms with van der Waals surface area (Å²) in [4.78, 5) is 7.27. The maximum atomic E-state index is 5.99. The summed E-state index contributed by atoms with van der Waals surface area (Å²) in [6, 6.07) is 10.6. The van der Waals surface area contributed by atoms with Gasteiger partial charge in [0.15, 0.2) is 5.96 Å². The van der Waals surface area contributed by atoms with Crippen LogP contribution in [0, 0.1) is 0 Å². The number of nitrogens with zero attached hydrogens (tertiary/aromatic N) is 2. The third-order valence-electron chi connectivity index (χ3n) is 4.88. The lowest BCUT2D eigenvalue weighted by molar-refractivity contribution is -0.0432. The van der Waals surface area contributed by atoms with E-state index in [9.17, 15) is 0 Å². The van der Waals surface area contributed by atoms with Gasteiger partial charge in [0.25, 0.3) is 0 Å². The molecule has 2 fully saturated rings. The molecule has 2 N–H and O–H groups in total. The summed E-state index contributed by atoms with van der Waals surface area (Å²) in [5.41, 5.74) is 0. The van der Waals surface area contributed by atoms with Crippen molar-refractivity contribution in [2.75, 3.05) is 45.9 Å². The van der Waals surface area contributed by atoms with Crippen LogP contribution >= 0.6 is 24.0 Å². The number of para-hydroxylation sites is 1. The van der Waals surface area contributed by atoms with E-state index in [1.807, 2.05) is 30.3 Å². The molecule has 3 rings (SSSR count). The molecule has 0 spiro atoms. The number of fused-ring (bicyclic) bond motifs is 1. The van der Waals surface area contributed by atoms with Crippen LogP contribution in [0.15, 0.2) is 35.3 Å². The minimum absolute atomic E-state index is 0. The molecule has 152 valence electrons. The molecule has 0 bridgehead atoms. The number of hydrogen-bond acceptors (Lipinski definition) is 4. The van der Waals surface area contributed by atoms with E-state index in [-0.39, 0.29) is 30.1 Å². The third kappa shape index (κ3) is 7.46. The van der Waals surface area contributed by atoms with Crippen LogP contribution in [0.2, 0.25) is 0 Å². The number of morpholine rings is 1. The molecule has 0 aliphatic carbocycles. The summed E-state index contributed by atoms with van der Waals surface area (Å²) < 4.78 is 11.7. The molecule has 0 aromatic heterocycles. The van der Waals surface area contributed by atoms with E-state index in [1.165, 1.54) is 19.4 Å². The quantitative estimate of drug-likeness (QED) is 0.255. The molecular weight excluding hydrogens is 455 g/mol. The Bertz CT molecular complexity index is 558. The van der Waals surface area contributed by atoms with Gasteiger partial charge in [0.1, 0.15) is 5.75 Å². The van der Waals surface area contributed by atoms with Gasteiger partial charge >= 0.3 is 0 Å². The number of halogens is 1. The Labute approximate surface area is 180 Å². The fourth-order valence-corrected chi connectivity index (χ4v) is 3.52. The molecule has 1 aromatic rings. The topological polar surface area (TPSA) is 58.1 Å². The van der Waals surface area contributed by atoms with Gasteiger partial charge in [0.2, 0.25) is 0 Å². The first-order chi connectivity index (χ1) is 12.8. The highest BCUT2D eigenvalue weighted by atomic mass is 127. The second-order valence-corrected chi connectivity index (χ2v) is 6.91. The first kappa shape index (κ1) is 22.2. The second kappa shape index (κ2) is 12.4. The number of guanidine groups is 1. The van der Waals surface area contributed by atoms with Crippen LogP contribution in [-0.2, 0) is 4.74 Å². The molecule has 2 aliphatic rings. The summed E-state index contributed by atoms with van der Waals surface area (Å²) in [7, 11) is 0. The Morgan fingerprint density at radius 3 is 2.96 bits per heavy atom. The lowest BCUT2D eigenvalue weighted by Crippen LogP contribution is -2.47. The normalized spacial score (nSPS) is 22.6. The predicted molar refractivity (Wildman–Crippen MR) is 120 cm³/mol. The van der Waals surface area contributed by atoms with Crippen molar-refractivity contribution in [1.82, 2.24) is 15.5 Å². The van der Waals surface area contributed by atoms with Crippen LogP contribution in [0.4, 0.5) is 0 Å². The van der Waals surface area contributed by atoms with E-state index in [1.54, 1.807) is 0 Å². The highest BCUT2D eigenvalue weighted by molar-refractivity contribution is 14.0. The lowest BCUT2D eigenvalue weighted by Gasteiger charge is -2.34. The largest absolute Gasteiger partial charge is 0.494 e. The molecular formula is C20H33IN4O2. The zero-order valence-corrected chi connectivity index (χ0v) is 18.6. The molecule has 7 heteroatoms. The first-order valence-electron chi connectivity index (χ1n) is 9.91. The Morgan fingerprint density at radius 1 is 1.30 bits per heavy atom. The van der Waals surface area contributed by atoms with E-state index < -0.39 is 0 Å². The van der Waals surface area contributed by atoms with E-state index in [0.717, 1.165) is 44.4 Å². The molecule has 27 heavy (non-hydrogen) atoms. The SMILES string of the molecule is CCNC(=NCC1CN2CCCC2CO1)NCCCOc1ccccc1.I. The van der Waals surface area contributed by atoms with E-state index in [4.69, 9.17) is 14.5 Å². The minimum Gasteiger partial charge on any atom is -0.494 e. The summed E-state index contributed by atoms with van der Waals surface area (Å²) in [6.45, 7) is 8.26. The minimum atomic E-state index is 0. The number of ether oxygens (including phenoxy) is 2. The number of rotatable bonds is 8. The van der Waals surface area contributed by atoms with Crippen molar-refractivity contribution in [2.24, 2.45) is 4.99 Å². The van der Waals surface area contributed by atoms with E-state index in [2.05, 4.69) is 22.5 Å². The van der Waals surface area contributed by atoms with Crippen molar-refractivity contribution in [1.29, 1.82) is 0 Å². The second-order valence-electron chi connectivity index (χ2n) is 6.91. The number of aliphatic imine (C=N–C) groups is 1. The predicted octanol–water partition coefficient (Wildman–Crippen LogP) is 2.49. The molecule has 6 nitrogen and oxygen atoms in total. The number of hydrogen-bond donors (Lipinski definition) is 2. The fourth-order valence-electron chi connectivity index (χ4n) is 3.52. The van der Waals surface area contributed by atoms with Gasteiger partial charge in [0.05, 0.1) is 25.9 Å². The standard InChI is InChI=1S/C20H32N4O2.HI/c1-2-21-20(22-11-7-13-25-18-9-4-3-5-10-18)23-14-19-15-24-12-6-8-17(24)16-26-19;/h3-5,9-10,17,19H,2,6-8,11-16H2,1H3,(H2,21,22,23);1H. The molecule has 0 radical (unpaired) electrons. The highest BCUT2D eigenvalue weighted by Crippen LogP contribution is 2.22. The Hall–Kier alpha value is -1.06. The molecule has 0 saturated carbocycles. The number of benzene rings is 1. The maximum absolute atomic E-state index is 5.99. The molecule has 1 aromatic carbocycles. The van der Waals surface area contributed by atoms with Gasteiger partial charge in [-0.15, -0.1) is 24.0 Å². The molecule has 2 saturated heterocycles. The average Bonchev–Trinajstić information content (AvgIpc) is 3.14. The molecule has 2 heterocycles. The zero-order chi connectivity index (χ0) is 18.0. The summed E-state index contributed by atoms with van der Waals surface area (Å²) >= 11 is 0. The summed E-state index contributed by atoms with van der Waals surface area (Å²) in [5.74, 6) is 1.78. The van der Waals surface area contributed by atoms with Gasteiger partial charge in [-0.3, -0.25) is 9.89 Å². The van der Waals surface area contributed by atoms with Gasteiger partial charge in [-0.05, 0) is 44.9 Å². The number of nitrogens with one attached hydrogen (secondary N) is 2. The lowest BCUT2D eigenvalue weighted by atomic mass is 10.2. The van der Waals surface area contributed by atoms with Crippen LogP contribution in [0.5, 0.6) is 5.75 Å². The maximum Gasteiger partial charge on any atom is 0.191 e. The fraction of sp³-hybridized carbons (Fsp3) is 0.650. The average molecular weight is 488 g/mol. The Balaban J connectivity index is 0.00000261. The monoisotopic (exact) mass is 488 g/mol. The summed E-state index contributed by atoms with van der Waals surface area (Å²) in [5, 5.41) is 6.69. The Morgan fingerprint density at radius 2 is 2.15 bits per heavy atom. The highest BCUT2D eigenvalue weighted by Gasteiger charge is 2.31. The van der Waals surface area contributed by atoms with Crippen molar-refractivity contribution in [3.63, 3.8) is 0 Å². The van der Waals surface area contributed by atoms with Crippen LogP contribution in [-0.4, -0.2) is 68.9 Å². The van der Waals surface area contributed by atoms with Crippen LogP contribution in [0.3, 0.4) is 0 Å². The van der Waals surface area contributed by atoms with Crippen molar-refractivity contribution in [3.05, 3.63) is 30.3 Å². The van der Waals surface area contributed by atoms with Crippen LogP contribution in [0.25, 0.3) is 0 Å². The van der Waals surface area contributed by atoms with Crippen molar-refractivity contribution in [2.45, 2.75) is 38.3 Å². The van der Waals surface area contributed by atoms with Crippen LogP contribution in [0.1, 0.15) is 26.2 Å². The summed E-state index contributed by atoms with van der Waals surface area (Å²) in [6.07, 6.45) is 3.72. The van der Waals surface area contributed by atoms with Gasteiger partial charge in [-0.1, -0.05) is 18.2 Å². The molecule has 2 aliphatic heterocycles.